The first-order chi connectivity index (χ1) is 10.1. The van der Waals surface area contributed by atoms with Crippen LogP contribution in [0, 0.1) is 11.6 Å². The molecular formula is C16H21F2N3. The van der Waals surface area contributed by atoms with Crippen molar-refractivity contribution in [1.82, 2.24) is 14.9 Å². The summed E-state index contributed by atoms with van der Waals surface area (Å²) in [4.78, 5) is 4.31. The molecule has 2 aromatic rings. The lowest BCUT2D eigenvalue weighted by atomic mass is 10.0. The van der Waals surface area contributed by atoms with Gasteiger partial charge in [0.15, 0.2) is 11.6 Å². The fourth-order valence-corrected chi connectivity index (χ4v) is 2.46. The van der Waals surface area contributed by atoms with Gasteiger partial charge in [0, 0.05) is 31.9 Å². The average molecular weight is 293 g/mol. The minimum Gasteiger partial charge on any atom is -0.338 e. The van der Waals surface area contributed by atoms with Gasteiger partial charge < -0.3 is 9.88 Å². The van der Waals surface area contributed by atoms with Crippen molar-refractivity contribution in [3.8, 4) is 0 Å². The van der Waals surface area contributed by atoms with Gasteiger partial charge in [-0.3, -0.25) is 0 Å². The van der Waals surface area contributed by atoms with E-state index in [1.54, 1.807) is 12.3 Å². The molecule has 1 unspecified atom stereocenters. The van der Waals surface area contributed by atoms with Crippen LogP contribution in [0.25, 0.3) is 0 Å². The Kier molecular flexibility index (Phi) is 5.44. The van der Waals surface area contributed by atoms with Crippen molar-refractivity contribution < 1.29 is 8.78 Å². The average Bonchev–Trinajstić information content (AvgIpc) is 2.86. The summed E-state index contributed by atoms with van der Waals surface area (Å²) in [6.45, 7) is 2.88. The normalized spacial score (nSPS) is 12.6. The molecule has 0 saturated heterocycles. The molecule has 5 heteroatoms. The quantitative estimate of drug-likeness (QED) is 0.850. The van der Waals surface area contributed by atoms with Crippen LogP contribution >= 0.6 is 0 Å². The lowest BCUT2D eigenvalue weighted by Crippen LogP contribution is -2.31. The van der Waals surface area contributed by atoms with Crippen molar-refractivity contribution in [3.63, 3.8) is 0 Å². The number of benzene rings is 1. The summed E-state index contributed by atoms with van der Waals surface area (Å²) >= 11 is 0. The van der Waals surface area contributed by atoms with Crippen LogP contribution in [0.15, 0.2) is 30.6 Å². The Morgan fingerprint density at radius 2 is 2.10 bits per heavy atom. The first kappa shape index (κ1) is 15.6. The van der Waals surface area contributed by atoms with E-state index in [2.05, 4.69) is 10.3 Å². The van der Waals surface area contributed by atoms with Gasteiger partial charge in [0.2, 0.25) is 0 Å². The van der Waals surface area contributed by atoms with Gasteiger partial charge in [0.1, 0.15) is 5.82 Å². The third-order valence-corrected chi connectivity index (χ3v) is 3.60. The lowest BCUT2D eigenvalue weighted by molar-refractivity contribution is 0.477. The first-order valence-corrected chi connectivity index (χ1v) is 7.23. The zero-order chi connectivity index (χ0) is 15.2. The van der Waals surface area contributed by atoms with Gasteiger partial charge in [-0.2, -0.15) is 0 Å². The van der Waals surface area contributed by atoms with E-state index in [4.69, 9.17) is 0 Å². The van der Waals surface area contributed by atoms with Crippen molar-refractivity contribution in [1.29, 1.82) is 0 Å². The maximum Gasteiger partial charge on any atom is 0.159 e. The molecule has 1 atom stereocenters. The van der Waals surface area contributed by atoms with E-state index in [-0.39, 0.29) is 6.04 Å². The van der Waals surface area contributed by atoms with Crippen LogP contribution in [0.3, 0.4) is 0 Å². The second kappa shape index (κ2) is 7.31. The Morgan fingerprint density at radius 1 is 1.29 bits per heavy atom. The van der Waals surface area contributed by atoms with Crippen molar-refractivity contribution in [3.05, 3.63) is 53.6 Å². The van der Waals surface area contributed by atoms with Gasteiger partial charge in [-0.25, -0.2) is 13.8 Å². The molecule has 0 fully saturated rings. The highest BCUT2D eigenvalue weighted by Gasteiger charge is 2.12. The molecule has 0 aliphatic carbocycles. The van der Waals surface area contributed by atoms with Crippen molar-refractivity contribution >= 4 is 0 Å². The van der Waals surface area contributed by atoms with Gasteiger partial charge in [-0.15, -0.1) is 0 Å². The number of aryl methyl sites for hydroxylation is 2. The second-order valence-corrected chi connectivity index (χ2v) is 5.20. The molecule has 1 N–H and O–H groups in total. The Hall–Kier alpha value is -1.75. The van der Waals surface area contributed by atoms with Crippen LogP contribution in [0.5, 0.6) is 0 Å². The van der Waals surface area contributed by atoms with Gasteiger partial charge in [-0.05, 0) is 37.1 Å². The monoisotopic (exact) mass is 293 g/mol. The number of rotatable bonds is 7. The highest BCUT2D eigenvalue weighted by atomic mass is 19.2. The van der Waals surface area contributed by atoms with Crippen molar-refractivity contribution in [2.24, 2.45) is 7.05 Å². The summed E-state index contributed by atoms with van der Waals surface area (Å²) in [5.74, 6) is -0.554. The molecule has 1 aromatic carbocycles. The molecule has 0 aliphatic rings. The number of likely N-dealkylation sites (N-methyl/N-ethyl adjacent to an activating group) is 1. The molecule has 114 valence electrons. The number of imidazole rings is 1. The summed E-state index contributed by atoms with van der Waals surface area (Å²) in [5.41, 5.74) is 0.805. The van der Waals surface area contributed by atoms with E-state index in [1.807, 2.05) is 24.7 Å². The standard InChI is InChI=1S/C16H21F2N3/c1-3-19-13(5-7-16-20-8-9-21(16)2)10-12-4-6-14(17)15(18)11-12/h4,6,8-9,11,13,19H,3,5,7,10H2,1-2H3. The van der Waals surface area contributed by atoms with Crippen molar-refractivity contribution in [2.75, 3.05) is 6.54 Å². The summed E-state index contributed by atoms with van der Waals surface area (Å²) in [6, 6.07) is 4.33. The van der Waals surface area contributed by atoms with E-state index >= 15 is 0 Å². The molecule has 0 amide bonds. The number of aromatic nitrogens is 2. The fraction of sp³-hybridized carbons (Fsp3) is 0.438. The Bertz CT molecular complexity index is 581. The third kappa shape index (κ3) is 4.36. The van der Waals surface area contributed by atoms with Gasteiger partial charge in [-0.1, -0.05) is 13.0 Å². The zero-order valence-electron chi connectivity index (χ0n) is 12.4. The summed E-state index contributed by atoms with van der Waals surface area (Å²) in [7, 11) is 1.97. The molecule has 1 heterocycles. The molecular weight excluding hydrogens is 272 g/mol. The number of halogens is 2. The molecule has 0 radical (unpaired) electrons. The Morgan fingerprint density at radius 3 is 2.71 bits per heavy atom. The molecule has 1 aromatic heterocycles. The fourth-order valence-electron chi connectivity index (χ4n) is 2.46. The molecule has 0 bridgehead atoms. The van der Waals surface area contributed by atoms with E-state index in [0.717, 1.165) is 30.8 Å². The number of hydrogen-bond acceptors (Lipinski definition) is 2. The van der Waals surface area contributed by atoms with Gasteiger partial charge in [0.25, 0.3) is 0 Å². The Balaban J connectivity index is 1.98. The molecule has 0 saturated carbocycles. The lowest BCUT2D eigenvalue weighted by Gasteiger charge is -2.18. The zero-order valence-corrected chi connectivity index (χ0v) is 12.4. The van der Waals surface area contributed by atoms with Crippen LogP contribution in [0.2, 0.25) is 0 Å². The van der Waals surface area contributed by atoms with Crippen LogP contribution in [-0.4, -0.2) is 22.1 Å². The van der Waals surface area contributed by atoms with Gasteiger partial charge in [0.05, 0.1) is 0 Å². The van der Waals surface area contributed by atoms with Crippen LogP contribution in [0.4, 0.5) is 8.78 Å². The van der Waals surface area contributed by atoms with Crippen LogP contribution in [-0.2, 0) is 19.9 Å². The number of hydrogen-bond donors (Lipinski definition) is 1. The maximum absolute atomic E-state index is 13.3. The largest absolute Gasteiger partial charge is 0.338 e. The maximum atomic E-state index is 13.3. The number of nitrogens with one attached hydrogen (secondary N) is 1. The summed E-state index contributed by atoms with van der Waals surface area (Å²) in [6.07, 6.45) is 6.14. The highest BCUT2D eigenvalue weighted by Crippen LogP contribution is 2.13. The predicted molar refractivity (Wildman–Crippen MR) is 79.1 cm³/mol. The number of nitrogens with zero attached hydrogens (tertiary/aromatic N) is 2. The van der Waals surface area contributed by atoms with Crippen LogP contribution in [0.1, 0.15) is 24.7 Å². The van der Waals surface area contributed by atoms with Crippen molar-refractivity contribution in [2.45, 2.75) is 32.2 Å². The molecule has 0 spiro atoms. The smallest absolute Gasteiger partial charge is 0.159 e. The highest BCUT2D eigenvalue weighted by molar-refractivity contribution is 5.19. The molecule has 21 heavy (non-hydrogen) atoms. The third-order valence-electron chi connectivity index (χ3n) is 3.60. The van der Waals surface area contributed by atoms with E-state index in [1.165, 1.54) is 12.1 Å². The minimum absolute atomic E-state index is 0.219. The molecule has 2 rings (SSSR count). The minimum atomic E-state index is -0.799. The predicted octanol–water partition coefficient (Wildman–Crippen LogP) is 2.85. The molecule has 3 nitrogen and oxygen atoms in total. The Labute approximate surface area is 124 Å². The SMILES string of the molecule is CCNC(CCc1nccn1C)Cc1ccc(F)c(F)c1. The van der Waals surface area contributed by atoms with E-state index in [0.29, 0.717) is 6.42 Å². The van der Waals surface area contributed by atoms with E-state index in [9.17, 15) is 8.78 Å². The topological polar surface area (TPSA) is 29.9 Å². The van der Waals surface area contributed by atoms with E-state index < -0.39 is 11.6 Å². The van der Waals surface area contributed by atoms with Gasteiger partial charge >= 0.3 is 0 Å². The molecule has 0 aliphatic heterocycles. The summed E-state index contributed by atoms with van der Waals surface area (Å²) < 4.78 is 28.2. The second-order valence-electron chi connectivity index (χ2n) is 5.20. The van der Waals surface area contributed by atoms with Crippen LogP contribution < -0.4 is 5.32 Å². The first-order valence-electron chi connectivity index (χ1n) is 7.23. The summed E-state index contributed by atoms with van der Waals surface area (Å²) in [5, 5.41) is 3.39.